The molecule has 1 atom stereocenters. The zero-order valence-electron chi connectivity index (χ0n) is 10.7. The Bertz CT molecular complexity index is 505. The van der Waals surface area contributed by atoms with Crippen molar-refractivity contribution in [1.29, 1.82) is 0 Å². The van der Waals surface area contributed by atoms with Crippen molar-refractivity contribution in [2.45, 2.75) is 12.5 Å². The highest BCUT2D eigenvalue weighted by molar-refractivity contribution is 5.58. The van der Waals surface area contributed by atoms with Crippen LogP contribution in [0.1, 0.15) is 5.56 Å². The summed E-state index contributed by atoms with van der Waals surface area (Å²) in [5, 5.41) is 0. The second-order valence-electron chi connectivity index (χ2n) is 4.09. The molecule has 19 heavy (non-hydrogen) atoms. The maximum atomic E-state index is 11.0. The van der Waals surface area contributed by atoms with Gasteiger partial charge in [-0.1, -0.05) is 30.3 Å². The first-order valence-electron chi connectivity index (χ1n) is 6.04. The van der Waals surface area contributed by atoms with Crippen LogP contribution in [0.15, 0.2) is 54.6 Å². The third kappa shape index (κ3) is 3.85. The van der Waals surface area contributed by atoms with Crippen LogP contribution in [0, 0.1) is 0 Å². The van der Waals surface area contributed by atoms with Crippen molar-refractivity contribution >= 4 is 6.29 Å². The molecule has 1 unspecified atom stereocenters. The number of ether oxygens (including phenoxy) is 2. The predicted octanol–water partition coefficient (Wildman–Crippen LogP) is 2.80. The van der Waals surface area contributed by atoms with Gasteiger partial charge in [-0.15, -0.1) is 0 Å². The number of rotatable bonds is 6. The first-order chi connectivity index (χ1) is 9.31. The summed E-state index contributed by atoms with van der Waals surface area (Å²) in [6.07, 6.45) is 1.83. The van der Waals surface area contributed by atoms with Crippen molar-refractivity contribution in [3.63, 3.8) is 0 Å². The van der Waals surface area contributed by atoms with Crippen LogP contribution in [0.4, 0.5) is 0 Å². The molecule has 0 fully saturated rings. The molecule has 0 aliphatic heterocycles. The summed E-state index contributed by atoms with van der Waals surface area (Å²) in [6.45, 7) is 0. The molecule has 0 saturated carbocycles. The van der Waals surface area contributed by atoms with Crippen LogP contribution in [0.2, 0.25) is 0 Å². The normalized spacial score (nSPS) is 11.6. The van der Waals surface area contributed by atoms with Gasteiger partial charge in [0.15, 0.2) is 6.10 Å². The third-order valence-electron chi connectivity index (χ3n) is 2.73. The molecule has 0 amide bonds. The summed E-state index contributed by atoms with van der Waals surface area (Å²) < 4.78 is 10.7. The zero-order chi connectivity index (χ0) is 13.5. The van der Waals surface area contributed by atoms with Crippen molar-refractivity contribution in [3.05, 3.63) is 60.2 Å². The smallest absolute Gasteiger partial charge is 0.243 e. The highest BCUT2D eigenvalue weighted by Crippen LogP contribution is 2.18. The number of methoxy groups -OCH3 is 1. The van der Waals surface area contributed by atoms with E-state index in [1.54, 1.807) is 31.4 Å². The predicted molar refractivity (Wildman–Crippen MR) is 73.2 cm³/mol. The molecule has 3 heteroatoms. The molecule has 0 aliphatic rings. The van der Waals surface area contributed by atoms with Crippen molar-refractivity contribution in [2.24, 2.45) is 0 Å². The minimum absolute atomic E-state index is 0.510. The van der Waals surface area contributed by atoms with Gasteiger partial charge in [-0.05, 0) is 29.8 Å². The first kappa shape index (κ1) is 13.1. The first-order valence-corrected chi connectivity index (χ1v) is 6.04. The lowest BCUT2D eigenvalue weighted by Gasteiger charge is -2.13. The molecule has 0 aliphatic carbocycles. The van der Waals surface area contributed by atoms with Gasteiger partial charge < -0.3 is 9.47 Å². The second kappa shape index (κ2) is 6.59. The summed E-state index contributed by atoms with van der Waals surface area (Å²) >= 11 is 0. The van der Waals surface area contributed by atoms with Crippen LogP contribution in [-0.4, -0.2) is 19.5 Å². The van der Waals surface area contributed by atoms with Gasteiger partial charge in [0.1, 0.15) is 11.5 Å². The van der Waals surface area contributed by atoms with Crippen LogP contribution in [0.5, 0.6) is 11.5 Å². The van der Waals surface area contributed by atoms with E-state index in [0.717, 1.165) is 11.3 Å². The molecular formula is C16H15O3. The van der Waals surface area contributed by atoms with Crippen LogP contribution >= 0.6 is 0 Å². The van der Waals surface area contributed by atoms with E-state index in [-0.39, 0.29) is 0 Å². The lowest BCUT2D eigenvalue weighted by atomic mass is 10.1. The lowest BCUT2D eigenvalue weighted by Crippen LogP contribution is -2.21. The molecule has 2 rings (SSSR count). The van der Waals surface area contributed by atoms with E-state index in [9.17, 15) is 4.79 Å². The topological polar surface area (TPSA) is 35.5 Å². The molecule has 1 radical (unpaired) electrons. The second-order valence-corrected chi connectivity index (χ2v) is 4.09. The number of benzene rings is 2. The molecule has 0 N–H and O–H groups in total. The van der Waals surface area contributed by atoms with Gasteiger partial charge in [0, 0.05) is 6.42 Å². The molecule has 0 heterocycles. The van der Waals surface area contributed by atoms with E-state index >= 15 is 0 Å². The van der Waals surface area contributed by atoms with Gasteiger partial charge in [-0.2, -0.15) is 0 Å². The van der Waals surface area contributed by atoms with Gasteiger partial charge in [-0.3, -0.25) is 4.79 Å². The van der Waals surface area contributed by atoms with Crippen LogP contribution in [-0.2, 0) is 11.2 Å². The lowest BCUT2D eigenvalue weighted by molar-refractivity contribution is 0.259. The van der Waals surface area contributed by atoms with E-state index in [1.165, 1.54) is 0 Å². The number of hydrogen-bond acceptors (Lipinski definition) is 3. The Morgan fingerprint density at radius 3 is 2.21 bits per heavy atom. The van der Waals surface area contributed by atoms with E-state index < -0.39 is 6.10 Å². The Morgan fingerprint density at radius 2 is 1.63 bits per heavy atom. The maximum absolute atomic E-state index is 11.0. The van der Waals surface area contributed by atoms with Crippen molar-refractivity contribution in [3.8, 4) is 11.5 Å². The number of hydrogen-bond donors (Lipinski definition) is 0. The summed E-state index contributed by atoms with van der Waals surface area (Å²) in [7, 11) is 1.60. The van der Waals surface area contributed by atoms with E-state index in [2.05, 4.69) is 0 Å². The van der Waals surface area contributed by atoms with Gasteiger partial charge in [0.25, 0.3) is 0 Å². The summed E-state index contributed by atoms with van der Waals surface area (Å²) in [6, 6.07) is 16.9. The molecule has 0 bridgehead atoms. The zero-order valence-corrected chi connectivity index (χ0v) is 10.7. The average Bonchev–Trinajstić information content (AvgIpc) is 2.48. The van der Waals surface area contributed by atoms with Crippen LogP contribution < -0.4 is 9.47 Å². The minimum atomic E-state index is -0.601. The van der Waals surface area contributed by atoms with Crippen molar-refractivity contribution < 1.29 is 14.3 Å². The van der Waals surface area contributed by atoms with Gasteiger partial charge in [-0.25, -0.2) is 0 Å². The highest BCUT2D eigenvalue weighted by atomic mass is 16.5. The Labute approximate surface area is 112 Å². The highest BCUT2D eigenvalue weighted by Gasteiger charge is 2.11. The number of carbonyl (C=O) groups excluding carboxylic acids is 1. The van der Waals surface area contributed by atoms with Gasteiger partial charge in [0.05, 0.1) is 7.11 Å². The van der Waals surface area contributed by atoms with Crippen LogP contribution in [0.3, 0.4) is 0 Å². The molecule has 0 spiro atoms. The Hall–Kier alpha value is -2.29. The van der Waals surface area contributed by atoms with Gasteiger partial charge in [0.2, 0.25) is 6.29 Å². The Kier molecular flexibility index (Phi) is 4.56. The molecule has 2 aromatic carbocycles. The molecular weight excluding hydrogens is 240 g/mol. The molecule has 2 aromatic rings. The third-order valence-corrected chi connectivity index (χ3v) is 2.73. The summed E-state index contributed by atoms with van der Waals surface area (Å²) in [5.74, 6) is 1.38. The van der Waals surface area contributed by atoms with Gasteiger partial charge >= 0.3 is 0 Å². The largest absolute Gasteiger partial charge is 0.497 e. The summed E-state index contributed by atoms with van der Waals surface area (Å²) in [5.41, 5.74) is 1.05. The van der Waals surface area contributed by atoms with Crippen molar-refractivity contribution in [1.82, 2.24) is 0 Å². The van der Waals surface area contributed by atoms with Crippen LogP contribution in [0.25, 0.3) is 0 Å². The maximum Gasteiger partial charge on any atom is 0.243 e. The standard InChI is InChI=1S/C16H15O3/c1-18-14-7-9-15(10-8-14)19-16(12-17)11-13-5-3-2-4-6-13/h2-10,16H,11H2,1H3. The fraction of sp³-hybridized carbons (Fsp3) is 0.188. The van der Waals surface area contributed by atoms with E-state index in [0.29, 0.717) is 12.2 Å². The van der Waals surface area contributed by atoms with E-state index in [1.807, 2.05) is 36.6 Å². The van der Waals surface area contributed by atoms with E-state index in [4.69, 9.17) is 9.47 Å². The quantitative estimate of drug-likeness (QED) is 0.796. The SMILES string of the molecule is COc1ccc(OC([C]=O)Cc2ccccc2)cc1. The Morgan fingerprint density at radius 1 is 1.00 bits per heavy atom. The fourth-order valence-electron chi connectivity index (χ4n) is 1.75. The summed E-state index contributed by atoms with van der Waals surface area (Å²) in [4.78, 5) is 11.0. The molecule has 3 nitrogen and oxygen atoms in total. The van der Waals surface area contributed by atoms with Crippen molar-refractivity contribution in [2.75, 3.05) is 7.11 Å². The molecule has 97 valence electrons. The molecule has 0 aromatic heterocycles. The molecule has 0 saturated heterocycles. The average molecular weight is 255 g/mol. The minimum Gasteiger partial charge on any atom is -0.497 e. The monoisotopic (exact) mass is 255 g/mol. The fourth-order valence-corrected chi connectivity index (χ4v) is 1.75. The Balaban J connectivity index is 2.00.